The Kier molecular flexibility index (Phi) is 7.67. The van der Waals surface area contributed by atoms with Crippen LogP contribution in [0.1, 0.15) is 50.0 Å². The van der Waals surface area contributed by atoms with Crippen molar-refractivity contribution in [1.82, 2.24) is 0 Å². The molecule has 2 unspecified atom stereocenters. The van der Waals surface area contributed by atoms with Crippen LogP contribution in [-0.4, -0.2) is 13.7 Å². The van der Waals surface area contributed by atoms with E-state index in [0.29, 0.717) is 13.2 Å². The number of rotatable bonds is 10. The fourth-order valence-corrected chi connectivity index (χ4v) is 3.40. The van der Waals surface area contributed by atoms with E-state index in [9.17, 15) is 0 Å². The van der Waals surface area contributed by atoms with Crippen molar-refractivity contribution in [3.05, 3.63) is 95.6 Å². The van der Waals surface area contributed by atoms with Crippen LogP contribution >= 0.6 is 0 Å². The number of ether oxygens (including phenoxy) is 3. The highest BCUT2D eigenvalue weighted by Crippen LogP contribution is 2.30. The molecule has 3 aromatic carbocycles. The lowest BCUT2D eigenvalue weighted by molar-refractivity contribution is 0.0746. The molecule has 0 fully saturated rings. The highest BCUT2D eigenvalue weighted by molar-refractivity contribution is 5.34. The summed E-state index contributed by atoms with van der Waals surface area (Å²) in [4.78, 5) is 0. The van der Waals surface area contributed by atoms with Gasteiger partial charge < -0.3 is 14.2 Å². The molecule has 3 rings (SSSR count). The van der Waals surface area contributed by atoms with Crippen molar-refractivity contribution in [2.24, 2.45) is 0 Å². The maximum atomic E-state index is 6.15. The van der Waals surface area contributed by atoms with Gasteiger partial charge in [-0.25, -0.2) is 0 Å². The third kappa shape index (κ3) is 5.71. The summed E-state index contributed by atoms with van der Waals surface area (Å²) in [6.45, 7) is 7.75. The molecule has 0 saturated heterocycles. The summed E-state index contributed by atoms with van der Waals surface area (Å²) >= 11 is 0. The third-order valence-corrected chi connectivity index (χ3v) is 5.78. The van der Waals surface area contributed by atoms with Crippen LogP contribution in [0.25, 0.3) is 0 Å². The first kappa shape index (κ1) is 22.1. The topological polar surface area (TPSA) is 27.7 Å². The molecule has 0 aliphatic heterocycles. The van der Waals surface area contributed by atoms with Crippen molar-refractivity contribution in [1.29, 1.82) is 0 Å². The molecule has 0 spiro atoms. The van der Waals surface area contributed by atoms with Crippen molar-refractivity contribution < 1.29 is 14.2 Å². The predicted molar refractivity (Wildman–Crippen MR) is 122 cm³/mol. The molecular weight excluding hydrogens is 372 g/mol. The smallest absolute Gasteiger partial charge is 0.127 e. The molecule has 0 heterocycles. The Morgan fingerprint density at radius 2 is 1.57 bits per heavy atom. The van der Waals surface area contributed by atoms with Gasteiger partial charge in [0.1, 0.15) is 11.5 Å². The van der Waals surface area contributed by atoms with Crippen LogP contribution < -0.4 is 4.74 Å². The summed E-state index contributed by atoms with van der Waals surface area (Å²) in [5.41, 5.74) is 3.55. The zero-order chi connectivity index (χ0) is 21.4. The van der Waals surface area contributed by atoms with Crippen LogP contribution in [0.5, 0.6) is 11.5 Å². The molecule has 3 aromatic rings. The lowest BCUT2D eigenvalue weighted by Gasteiger charge is -2.29. The van der Waals surface area contributed by atoms with Gasteiger partial charge in [-0.2, -0.15) is 0 Å². The zero-order valence-electron chi connectivity index (χ0n) is 18.4. The molecule has 3 nitrogen and oxygen atoms in total. The quantitative estimate of drug-likeness (QED) is 0.362. The molecule has 0 bridgehead atoms. The molecule has 0 radical (unpaired) electrons. The Bertz CT molecular complexity index is 905. The number of methoxy groups -OCH3 is 1. The molecule has 2 atom stereocenters. The van der Waals surface area contributed by atoms with E-state index in [4.69, 9.17) is 14.2 Å². The molecule has 3 heteroatoms. The van der Waals surface area contributed by atoms with Gasteiger partial charge in [0.25, 0.3) is 0 Å². The van der Waals surface area contributed by atoms with Crippen molar-refractivity contribution in [3.8, 4) is 11.5 Å². The van der Waals surface area contributed by atoms with E-state index in [0.717, 1.165) is 23.5 Å². The van der Waals surface area contributed by atoms with E-state index in [1.54, 1.807) is 7.11 Å². The number of benzene rings is 3. The van der Waals surface area contributed by atoms with Gasteiger partial charge in [0, 0.05) is 12.5 Å². The molecular formula is C27H32O3. The number of hydrogen-bond donors (Lipinski definition) is 0. The summed E-state index contributed by atoms with van der Waals surface area (Å²) in [5.74, 6) is 1.66. The Labute approximate surface area is 180 Å². The van der Waals surface area contributed by atoms with Crippen LogP contribution in [0, 0.1) is 0 Å². The van der Waals surface area contributed by atoms with Crippen LogP contribution in [0.2, 0.25) is 0 Å². The van der Waals surface area contributed by atoms with E-state index in [1.807, 2.05) is 48.5 Å². The van der Waals surface area contributed by atoms with Gasteiger partial charge in [-0.1, -0.05) is 68.4 Å². The fraction of sp³-hybridized carbons (Fsp3) is 0.333. The highest BCUT2D eigenvalue weighted by Gasteiger charge is 2.25. The summed E-state index contributed by atoms with van der Waals surface area (Å²) in [7, 11) is 1.74. The lowest BCUT2D eigenvalue weighted by atomic mass is 9.80. The predicted octanol–water partition coefficient (Wildman–Crippen LogP) is 7.07. The average Bonchev–Trinajstić information content (AvgIpc) is 2.79. The van der Waals surface area contributed by atoms with Crippen molar-refractivity contribution in [3.63, 3.8) is 0 Å². The summed E-state index contributed by atoms with van der Waals surface area (Å²) < 4.78 is 17.5. The summed E-state index contributed by atoms with van der Waals surface area (Å²) in [5, 5.41) is 0. The van der Waals surface area contributed by atoms with Crippen LogP contribution in [0.4, 0.5) is 0 Å². The molecule has 0 N–H and O–H groups in total. The van der Waals surface area contributed by atoms with Crippen LogP contribution in [-0.2, 0) is 21.5 Å². The molecule has 30 heavy (non-hydrogen) atoms. The van der Waals surface area contributed by atoms with Crippen molar-refractivity contribution in [2.75, 3.05) is 13.7 Å². The average molecular weight is 405 g/mol. The summed E-state index contributed by atoms with van der Waals surface area (Å²) in [6.07, 6.45) is 1.11. The van der Waals surface area contributed by atoms with Gasteiger partial charge in [0.15, 0.2) is 0 Å². The maximum absolute atomic E-state index is 6.15. The molecule has 0 aliphatic carbocycles. The minimum Gasteiger partial charge on any atom is -0.457 e. The van der Waals surface area contributed by atoms with Gasteiger partial charge in [-0.15, -0.1) is 0 Å². The number of hydrogen-bond acceptors (Lipinski definition) is 3. The van der Waals surface area contributed by atoms with E-state index in [1.165, 1.54) is 11.1 Å². The zero-order valence-corrected chi connectivity index (χ0v) is 18.4. The minimum absolute atomic E-state index is 0.0347. The second-order valence-electron chi connectivity index (χ2n) is 7.97. The van der Waals surface area contributed by atoms with Crippen molar-refractivity contribution >= 4 is 0 Å². The van der Waals surface area contributed by atoms with E-state index in [2.05, 4.69) is 51.1 Å². The first-order chi connectivity index (χ1) is 14.5. The Morgan fingerprint density at radius 3 is 2.23 bits per heavy atom. The fourth-order valence-electron chi connectivity index (χ4n) is 3.40. The Morgan fingerprint density at radius 1 is 0.867 bits per heavy atom. The van der Waals surface area contributed by atoms with E-state index in [-0.39, 0.29) is 11.5 Å². The van der Waals surface area contributed by atoms with Gasteiger partial charge in [-0.3, -0.25) is 0 Å². The first-order valence-electron chi connectivity index (χ1n) is 10.6. The van der Waals surface area contributed by atoms with Gasteiger partial charge in [-0.05, 0) is 54.3 Å². The standard InChI is InChI=1S/C27H32O3/c1-5-27(3,24-16-14-23(15-17-24)21(2)28-4)20-29-19-22-10-9-13-26(18-22)30-25-11-7-6-8-12-25/h6-18,21H,5,19-20H2,1-4H3. The normalized spacial score (nSPS) is 14.1. The highest BCUT2D eigenvalue weighted by atomic mass is 16.5. The van der Waals surface area contributed by atoms with Crippen LogP contribution in [0.15, 0.2) is 78.9 Å². The van der Waals surface area contributed by atoms with Gasteiger partial charge >= 0.3 is 0 Å². The molecule has 0 saturated carbocycles. The summed E-state index contributed by atoms with van der Waals surface area (Å²) in [6, 6.07) is 26.6. The minimum atomic E-state index is -0.0347. The molecule has 0 amide bonds. The second kappa shape index (κ2) is 10.4. The first-order valence-corrected chi connectivity index (χ1v) is 10.6. The second-order valence-corrected chi connectivity index (χ2v) is 7.97. The Hall–Kier alpha value is -2.62. The lowest BCUT2D eigenvalue weighted by Crippen LogP contribution is -2.27. The van der Waals surface area contributed by atoms with E-state index >= 15 is 0 Å². The van der Waals surface area contributed by atoms with Gasteiger partial charge in [0.05, 0.1) is 19.3 Å². The number of para-hydroxylation sites is 1. The molecule has 158 valence electrons. The largest absolute Gasteiger partial charge is 0.457 e. The van der Waals surface area contributed by atoms with Crippen molar-refractivity contribution in [2.45, 2.75) is 45.3 Å². The molecule has 0 aromatic heterocycles. The SMILES string of the molecule is CCC(C)(COCc1cccc(Oc2ccccc2)c1)c1ccc(C(C)OC)cc1. The Balaban J connectivity index is 1.60. The third-order valence-electron chi connectivity index (χ3n) is 5.78. The van der Waals surface area contributed by atoms with E-state index < -0.39 is 0 Å². The monoisotopic (exact) mass is 404 g/mol. The maximum Gasteiger partial charge on any atom is 0.127 e. The van der Waals surface area contributed by atoms with Gasteiger partial charge in [0.2, 0.25) is 0 Å². The van der Waals surface area contributed by atoms with Crippen LogP contribution in [0.3, 0.4) is 0 Å². The molecule has 0 aliphatic rings.